The molecular formula is C24H22N4O3S. The molecule has 0 saturated carbocycles. The molecule has 2 N–H and O–H groups in total. The van der Waals surface area contributed by atoms with Gasteiger partial charge in [-0.15, -0.1) is 0 Å². The number of anilines is 1. The van der Waals surface area contributed by atoms with Crippen LogP contribution in [-0.2, 0) is 21.2 Å². The molecule has 32 heavy (non-hydrogen) atoms. The second-order valence-corrected chi connectivity index (χ2v) is 9.03. The van der Waals surface area contributed by atoms with Gasteiger partial charge in [-0.3, -0.25) is 9.78 Å². The molecule has 0 spiro atoms. The van der Waals surface area contributed by atoms with E-state index in [4.69, 9.17) is 0 Å². The summed E-state index contributed by atoms with van der Waals surface area (Å²) in [6, 6.07) is 21.9. The summed E-state index contributed by atoms with van der Waals surface area (Å²) >= 11 is 0. The topological polar surface area (TPSA) is 101 Å². The van der Waals surface area contributed by atoms with Crippen molar-refractivity contribution < 1.29 is 13.2 Å². The third-order valence-corrected chi connectivity index (χ3v) is 6.42. The smallest absolute Gasteiger partial charge is 0.244 e. The maximum absolute atomic E-state index is 13.3. The molecule has 0 unspecified atom stereocenters. The summed E-state index contributed by atoms with van der Waals surface area (Å²) in [5, 5.41) is 3.42. The molecule has 8 heteroatoms. The van der Waals surface area contributed by atoms with Crippen LogP contribution < -0.4 is 10.0 Å². The SMILES string of the molecule is Cc1cccc(NC(=O)[C@H](Cc2ccccc2)NS(=O)(=O)c2cccc3cccnc23)n1. The lowest BCUT2D eigenvalue weighted by molar-refractivity contribution is -0.117. The van der Waals surface area contributed by atoms with E-state index in [1.54, 1.807) is 42.6 Å². The van der Waals surface area contributed by atoms with Crippen LogP contribution in [0.4, 0.5) is 5.82 Å². The number of para-hydroxylation sites is 1. The van der Waals surface area contributed by atoms with E-state index in [2.05, 4.69) is 20.0 Å². The number of carbonyl (C=O) groups excluding carboxylic acids is 1. The highest BCUT2D eigenvalue weighted by Crippen LogP contribution is 2.21. The number of carbonyl (C=O) groups is 1. The molecule has 0 radical (unpaired) electrons. The third kappa shape index (κ3) is 4.99. The van der Waals surface area contributed by atoms with Gasteiger partial charge >= 0.3 is 0 Å². The lowest BCUT2D eigenvalue weighted by Gasteiger charge is -2.19. The number of amides is 1. The van der Waals surface area contributed by atoms with Gasteiger partial charge in [0, 0.05) is 17.3 Å². The minimum absolute atomic E-state index is 0.0233. The van der Waals surface area contributed by atoms with Crippen LogP contribution in [0.3, 0.4) is 0 Å². The number of benzene rings is 2. The van der Waals surface area contributed by atoms with Crippen molar-refractivity contribution in [3.05, 3.63) is 96.3 Å². The minimum atomic E-state index is -4.05. The minimum Gasteiger partial charge on any atom is -0.309 e. The first-order valence-electron chi connectivity index (χ1n) is 10.1. The van der Waals surface area contributed by atoms with E-state index in [0.29, 0.717) is 16.7 Å². The molecule has 2 aromatic carbocycles. The first-order chi connectivity index (χ1) is 15.4. The highest BCUT2D eigenvalue weighted by atomic mass is 32.2. The quantitative estimate of drug-likeness (QED) is 0.453. The predicted molar refractivity (Wildman–Crippen MR) is 124 cm³/mol. The summed E-state index contributed by atoms with van der Waals surface area (Å²) in [4.78, 5) is 21.6. The van der Waals surface area contributed by atoms with Gasteiger partial charge < -0.3 is 5.32 Å². The van der Waals surface area contributed by atoms with Crippen molar-refractivity contribution in [2.45, 2.75) is 24.3 Å². The van der Waals surface area contributed by atoms with Crippen LogP contribution in [0.15, 0.2) is 90.0 Å². The maximum Gasteiger partial charge on any atom is 0.244 e. The van der Waals surface area contributed by atoms with Crippen LogP contribution in [0.2, 0.25) is 0 Å². The summed E-state index contributed by atoms with van der Waals surface area (Å²) in [6.07, 6.45) is 1.72. The standard InChI is InChI=1S/C24H22N4O3S/c1-17-8-5-14-22(26-17)27-24(29)20(16-18-9-3-2-4-10-18)28-32(30,31)21-13-6-11-19-12-7-15-25-23(19)21/h2-15,20,28H,16H2,1H3,(H,26,27,29)/t20-/m0/s1. The van der Waals surface area contributed by atoms with E-state index >= 15 is 0 Å². The van der Waals surface area contributed by atoms with Crippen LogP contribution in [0, 0.1) is 6.92 Å². The number of nitrogens with one attached hydrogen (secondary N) is 2. The molecule has 7 nitrogen and oxygen atoms in total. The van der Waals surface area contributed by atoms with Crippen molar-refractivity contribution in [2.24, 2.45) is 0 Å². The van der Waals surface area contributed by atoms with Gasteiger partial charge in [0.2, 0.25) is 15.9 Å². The molecule has 0 bridgehead atoms. The van der Waals surface area contributed by atoms with E-state index in [1.807, 2.05) is 43.3 Å². The van der Waals surface area contributed by atoms with E-state index in [9.17, 15) is 13.2 Å². The monoisotopic (exact) mass is 446 g/mol. The number of nitrogens with zero attached hydrogens (tertiary/aromatic N) is 2. The average Bonchev–Trinajstić information content (AvgIpc) is 2.79. The Balaban J connectivity index is 1.66. The molecule has 2 aromatic heterocycles. The van der Waals surface area contributed by atoms with Crippen LogP contribution in [-0.4, -0.2) is 30.3 Å². The lowest BCUT2D eigenvalue weighted by atomic mass is 10.1. The highest BCUT2D eigenvalue weighted by molar-refractivity contribution is 7.89. The number of aryl methyl sites for hydroxylation is 1. The van der Waals surface area contributed by atoms with Crippen molar-refractivity contribution in [3.8, 4) is 0 Å². The molecule has 0 aliphatic heterocycles. The van der Waals surface area contributed by atoms with E-state index in [0.717, 1.165) is 11.3 Å². The number of pyridine rings is 2. The largest absolute Gasteiger partial charge is 0.309 e. The number of hydrogen-bond donors (Lipinski definition) is 2. The van der Waals surface area contributed by atoms with Gasteiger partial charge in [-0.1, -0.05) is 54.6 Å². The fraction of sp³-hybridized carbons (Fsp3) is 0.125. The number of sulfonamides is 1. The van der Waals surface area contributed by atoms with Gasteiger partial charge in [-0.2, -0.15) is 4.72 Å². The summed E-state index contributed by atoms with van der Waals surface area (Å²) in [7, 11) is -4.05. The van der Waals surface area contributed by atoms with Crippen molar-refractivity contribution in [2.75, 3.05) is 5.32 Å². The lowest BCUT2D eigenvalue weighted by Crippen LogP contribution is -2.45. The second kappa shape index (κ2) is 9.25. The molecule has 4 rings (SSSR count). The van der Waals surface area contributed by atoms with Crippen LogP contribution in [0.5, 0.6) is 0 Å². The maximum atomic E-state index is 13.3. The Hall–Kier alpha value is -3.62. The van der Waals surface area contributed by atoms with Crippen LogP contribution >= 0.6 is 0 Å². The summed E-state index contributed by atoms with van der Waals surface area (Å²) < 4.78 is 29.2. The van der Waals surface area contributed by atoms with Crippen LogP contribution in [0.25, 0.3) is 10.9 Å². The molecule has 2 heterocycles. The van der Waals surface area contributed by atoms with E-state index < -0.39 is 22.0 Å². The zero-order chi connectivity index (χ0) is 22.6. The Morgan fingerprint density at radius 3 is 2.47 bits per heavy atom. The van der Waals surface area contributed by atoms with E-state index in [-0.39, 0.29) is 11.3 Å². The van der Waals surface area contributed by atoms with E-state index in [1.165, 1.54) is 6.07 Å². The third-order valence-electron chi connectivity index (χ3n) is 4.92. The molecule has 0 saturated heterocycles. The number of aromatic nitrogens is 2. The molecule has 0 aliphatic carbocycles. The normalized spacial score (nSPS) is 12.4. The second-order valence-electron chi connectivity index (χ2n) is 7.35. The van der Waals surface area contributed by atoms with Gasteiger partial charge in [0.25, 0.3) is 0 Å². The zero-order valence-corrected chi connectivity index (χ0v) is 18.2. The Labute approximate surface area is 186 Å². The van der Waals surface area contributed by atoms with Gasteiger partial charge in [0.15, 0.2) is 0 Å². The highest BCUT2D eigenvalue weighted by Gasteiger charge is 2.28. The van der Waals surface area contributed by atoms with Crippen LogP contribution in [0.1, 0.15) is 11.3 Å². The zero-order valence-electron chi connectivity index (χ0n) is 17.4. The molecule has 0 aliphatic rings. The number of fused-ring (bicyclic) bond motifs is 1. The van der Waals surface area contributed by atoms with Gasteiger partial charge in [-0.25, -0.2) is 13.4 Å². The summed E-state index contributed by atoms with van der Waals surface area (Å²) in [5.74, 6) is -0.136. The fourth-order valence-electron chi connectivity index (χ4n) is 3.41. The Morgan fingerprint density at radius 2 is 1.69 bits per heavy atom. The Bertz CT molecular complexity index is 1350. The molecular weight excluding hydrogens is 424 g/mol. The average molecular weight is 447 g/mol. The molecule has 4 aromatic rings. The Kier molecular flexibility index (Phi) is 6.25. The summed E-state index contributed by atoms with van der Waals surface area (Å²) in [6.45, 7) is 1.81. The fourth-order valence-corrected chi connectivity index (χ4v) is 4.78. The van der Waals surface area contributed by atoms with Crippen molar-refractivity contribution in [1.29, 1.82) is 0 Å². The van der Waals surface area contributed by atoms with Gasteiger partial charge in [0.05, 0.1) is 5.52 Å². The number of rotatable bonds is 7. The van der Waals surface area contributed by atoms with Gasteiger partial charge in [0.1, 0.15) is 16.8 Å². The first-order valence-corrected chi connectivity index (χ1v) is 11.6. The van der Waals surface area contributed by atoms with Crippen molar-refractivity contribution in [1.82, 2.24) is 14.7 Å². The predicted octanol–water partition coefficient (Wildman–Crippen LogP) is 3.47. The molecule has 1 atom stereocenters. The van der Waals surface area contributed by atoms with Gasteiger partial charge in [-0.05, 0) is 43.2 Å². The molecule has 1 amide bonds. The summed E-state index contributed by atoms with van der Waals surface area (Å²) in [5.41, 5.74) is 1.91. The van der Waals surface area contributed by atoms with Crippen molar-refractivity contribution >= 4 is 32.7 Å². The van der Waals surface area contributed by atoms with Crippen molar-refractivity contribution in [3.63, 3.8) is 0 Å². The molecule has 162 valence electrons. The molecule has 0 fully saturated rings. The first kappa shape index (κ1) is 21.6. The Morgan fingerprint density at radius 1 is 0.938 bits per heavy atom. The number of hydrogen-bond acceptors (Lipinski definition) is 5.